The van der Waals surface area contributed by atoms with Crippen LogP contribution in [0.1, 0.15) is 61.0 Å². The van der Waals surface area contributed by atoms with E-state index in [1.807, 2.05) is 25.1 Å². The molecule has 0 bridgehead atoms. The molecule has 0 radical (unpaired) electrons. The number of benzene rings is 2. The lowest BCUT2D eigenvalue weighted by atomic mass is 9.74. The Kier molecular flexibility index (Phi) is 8.40. The highest BCUT2D eigenvalue weighted by Crippen LogP contribution is 2.35. The number of rotatable bonds is 5. The van der Waals surface area contributed by atoms with Crippen LogP contribution in [0.5, 0.6) is 5.75 Å². The van der Waals surface area contributed by atoms with Gasteiger partial charge in [0.25, 0.3) is 0 Å². The van der Waals surface area contributed by atoms with Crippen LogP contribution in [-0.4, -0.2) is 32.0 Å². The summed E-state index contributed by atoms with van der Waals surface area (Å²) in [5.74, 6) is 0.561. The lowest BCUT2D eigenvalue weighted by Gasteiger charge is -2.33. The van der Waals surface area contributed by atoms with Crippen molar-refractivity contribution in [3.63, 3.8) is 0 Å². The lowest BCUT2D eigenvalue weighted by Crippen LogP contribution is -3.10. The molecule has 5 heteroatoms. The van der Waals surface area contributed by atoms with Crippen molar-refractivity contribution in [3.05, 3.63) is 66.6 Å². The van der Waals surface area contributed by atoms with Gasteiger partial charge in [0, 0.05) is 16.7 Å². The van der Waals surface area contributed by atoms with Crippen molar-refractivity contribution in [1.82, 2.24) is 0 Å². The Balaban J connectivity index is 0.00000341. The number of carbonyl (C=O) groups excluding carboxylic acids is 2. The number of hydrogen-bond donors (Lipinski definition) is 2. The Bertz CT molecular complexity index is 925. The molecule has 1 amide bonds. The van der Waals surface area contributed by atoms with Gasteiger partial charge in [0.1, 0.15) is 5.75 Å². The second-order valence-corrected chi connectivity index (χ2v) is 8.60. The first-order valence-electron chi connectivity index (χ1n) is 10.9. The molecule has 0 saturated carbocycles. The summed E-state index contributed by atoms with van der Waals surface area (Å²) in [6, 6.07) is 13.2. The Morgan fingerprint density at radius 2 is 1.94 bits per heavy atom. The quantitative estimate of drug-likeness (QED) is 0.545. The van der Waals surface area contributed by atoms with E-state index in [4.69, 9.17) is 4.74 Å². The van der Waals surface area contributed by atoms with Crippen LogP contribution in [0.3, 0.4) is 0 Å². The highest BCUT2D eigenvalue weighted by Gasteiger charge is 2.35. The van der Waals surface area contributed by atoms with Crippen LogP contribution < -0.4 is 15.0 Å². The first kappa shape index (κ1) is 24.6. The maximum absolute atomic E-state index is 12.5. The van der Waals surface area contributed by atoms with Gasteiger partial charge in [-0.25, -0.2) is 4.79 Å². The van der Waals surface area contributed by atoms with Crippen molar-refractivity contribution in [2.24, 2.45) is 0 Å². The van der Waals surface area contributed by atoms with E-state index in [-0.39, 0.29) is 18.6 Å². The molecule has 1 aliphatic rings. The molecule has 1 saturated heterocycles. The first-order valence-corrected chi connectivity index (χ1v) is 10.9. The van der Waals surface area contributed by atoms with E-state index in [0.717, 1.165) is 24.9 Å². The minimum Gasteiger partial charge on any atom is -0.410 e. The van der Waals surface area contributed by atoms with Gasteiger partial charge in [-0.15, -0.1) is 0 Å². The lowest BCUT2D eigenvalue weighted by molar-refractivity contribution is -0.883. The standard InChI is InChI=1S/C25H32N2O3.CH3/c1-5-25(13-6-7-14-27(4)17-25)20-9-8-10-22(16-20)30-24(29)26-21-11-12-23(19(3)28)18(2)15-21;/h8-12,15-16H,5-7,13-14,17H2,1-4H3,(H,26,29);1H3/q;-1/p+1/t25-;/m1./s1. The molecule has 2 N–H and O–H groups in total. The summed E-state index contributed by atoms with van der Waals surface area (Å²) in [7, 11) is 2.27. The molecule has 0 spiro atoms. The zero-order valence-corrected chi connectivity index (χ0v) is 19.5. The van der Waals surface area contributed by atoms with Gasteiger partial charge < -0.3 is 17.1 Å². The summed E-state index contributed by atoms with van der Waals surface area (Å²) in [4.78, 5) is 25.6. The molecular formula is C26H36N2O3. The highest BCUT2D eigenvalue weighted by atomic mass is 16.6. The summed E-state index contributed by atoms with van der Waals surface area (Å²) in [6.07, 6.45) is 4.19. The number of aryl methyl sites for hydroxylation is 1. The molecule has 1 unspecified atom stereocenters. The Labute approximate surface area is 186 Å². The van der Waals surface area contributed by atoms with Crippen LogP contribution in [0, 0.1) is 14.4 Å². The van der Waals surface area contributed by atoms with Crippen LogP contribution in [0.2, 0.25) is 0 Å². The third kappa shape index (κ3) is 5.95. The fraction of sp³-hybridized carbons (Fsp3) is 0.423. The van der Waals surface area contributed by atoms with Gasteiger partial charge in [-0.1, -0.05) is 19.1 Å². The van der Waals surface area contributed by atoms with Gasteiger partial charge in [0.15, 0.2) is 5.78 Å². The second-order valence-electron chi connectivity index (χ2n) is 8.60. The second kappa shape index (κ2) is 10.6. The monoisotopic (exact) mass is 424 g/mol. The number of amides is 1. The largest absolute Gasteiger partial charge is 0.417 e. The van der Waals surface area contributed by atoms with Crippen molar-refractivity contribution in [3.8, 4) is 5.75 Å². The molecule has 168 valence electrons. The number of ether oxygens (including phenoxy) is 1. The van der Waals surface area contributed by atoms with Crippen LogP contribution in [0.25, 0.3) is 0 Å². The molecule has 1 aliphatic heterocycles. The van der Waals surface area contributed by atoms with Crippen molar-refractivity contribution in [2.45, 2.75) is 51.9 Å². The van der Waals surface area contributed by atoms with E-state index in [2.05, 4.69) is 25.4 Å². The van der Waals surface area contributed by atoms with Crippen LogP contribution >= 0.6 is 0 Å². The minimum atomic E-state index is -0.531. The minimum absolute atomic E-state index is 0. The zero-order chi connectivity index (χ0) is 21.7. The Morgan fingerprint density at radius 1 is 1.16 bits per heavy atom. The number of carbonyl (C=O) groups is 2. The van der Waals surface area contributed by atoms with Gasteiger partial charge >= 0.3 is 6.09 Å². The maximum atomic E-state index is 12.5. The highest BCUT2D eigenvalue weighted by molar-refractivity contribution is 5.96. The van der Waals surface area contributed by atoms with E-state index in [9.17, 15) is 9.59 Å². The van der Waals surface area contributed by atoms with Crippen molar-refractivity contribution in [1.29, 1.82) is 0 Å². The fourth-order valence-corrected chi connectivity index (χ4v) is 4.67. The summed E-state index contributed by atoms with van der Waals surface area (Å²) in [5.41, 5.74) is 3.46. The number of ketones is 1. The smallest absolute Gasteiger partial charge is 0.410 e. The number of nitrogens with one attached hydrogen (secondary N) is 2. The predicted octanol–water partition coefficient (Wildman–Crippen LogP) is 4.61. The SMILES string of the molecule is CC[C@@]1(c2cccc(OC(=O)Nc3ccc(C(C)=O)c(C)c3)c2)CCCC[NH+](C)C1.[CH3-]. The third-order valence-electron chi connectivity index (χ3n) is 6.33. The molecule has 2 aromatic rings. The van der Waals surface area contributed by atoms with Gasteiger partial charge in [0.05, 0.1) is 20.1 Å². The van der Waals surface area contributed by atoms with E-state index >= 15 is 0 Å². The molecular weight excluding hydrogens is 388 g/mol. The molecule has 1 fully saturated rings. The average molecular weight is 425 g/mol. The molecule has 5 nitrogen and oxygen atoms in total. The number of likely N-dealkylation sites (tertiary alicyclic amines) is 1. The van der Waals surface area contributed by atoms with E-state index in [1.54, 1.807) is 23.1 Å². The molecule has 1 heterocycles. The van der Waals surface area contributed by atoms with Gasteiger partial charge in [-0.05, 0) is 81.0 Å². The number of quaternary nitrogens is 1. The molecule has 2 atom stereocenters. The Hall–Kier alpha value is -2.66. The van der Waals surface area contributed by atoms with Gasteiger partial charge in [-0.2, -0.15) is 0 Å². The van der Waals surface area contributed by atoms with Gasteiger partial charge in [0.2, 0.25) is 0 Å². The predicted molar refractivity (Wildman–Crippen MR) is 126 cm³/mol. The molecule has 0 aliphatic carbocycles. The number of hydrogen-bond acceptors (Lipinski definition) is 3. The van der Waals surface area contributed by atoms with E-state index in [0.29, 0.717) is 17.0 Å². The first-order chi connectivity index (χ1) is 14.3. The van der Waals surface area contributed by atoms with Crippen molar-refractivity contribution < 1.29 is 19.2 Å². The average Bonchev–Trinajstić information content (AvgIpc) is 2.90. The number of anilines is 1. The summed E-state index contributed by atoms with van der Waals surface area (Å²) < 4.78 is 5.59. The molecule has 0 aromatic heterocycles. The maximum Gasteiger partial charge on any atom is 0.417 e. The number of likely N-dealkylation sites (N-methyl/N-ethyl adjacent to an activating group) is 1. The van der Waals surface area contributed by atoms with E-state index < -0.39 is 6.09 Å². The van der Waals surface area contributed by atoms with Crippen molar-refractivity contribution >= 4 is 17.6 Å². The van der Waals surface area contributed by atoms with Crippen LogP contribution in [0.4, 0.5) is 10.5 Å². The topological polar surface area (TPSA) is 59.8 Å². The van der Waals surface area contributed by atoms with Gasteiger partial charge in [-0.3, -0.25) is 10.1 Å². The third-order valence-corrected chi connectivity index (χ3v) is 6.33. The summed E-state index contributed by atoms with van der Waals surface area (Å²) >= 11 is 0. The van der Waals surface area contributed by atoms with Crippen LogP contribution in [0.15, 0.2) is 42.5 Å². The number of Topliss-reactive ketones (excluding diaryl/α,β-unsaturated/α-hetero) is 1. The summed E-state index contributed by atoms with van der Waals surface area (Å²) in [5, 5.41) is 2.76. The molecule has 3 rings (SSSR count). The fourth-order valence-electron chi connectivity index (χ4n) is 4.67. The normalized spacial score (nSPS) is 20.8. The molecule has 31 heavy (non-hydrogen) atoms. The Morgan fingerprint density at radius 3 is 2.61 bits per heavy atom. The van der Waals surface area contributed by atoms with E-state index in [1.165, 1.54) is 31.9 Å². The summed E-state index contributed by atoms with van der Waals surface area (Å²) in [6.45, 7) is 7.95. The van der Waals surface area contributed by atoms with Crippen LogP contribution in [-0.2, 0) is 5.41 Å². The molecule has 2 aromatic carbocycles. The van der Waals surface area contributed by atoms with Crippen molar-refractivity contribution in [2.75, 3.05) is 25.5 Å². The zero-order valence-electron chi connectivity index (χ0n) is 19.5.